The van der Waals surface area contributed by atoms with Crippen LogP contribution in [-0.2, 0) is 9.47 Å². The zero-order valence-corrected chi connectivity index (χ0v) is 12.2. The van der Waals surface area contributed by atoms with E-state index in [0.29, 0.717) is 25.3 Å². The van der Waals surface area contributed by atoms with Gasteiger partial charge in [-0.05, 0) is 41.9 Å². The molecule has 1 N–H and O–H groups in total. The highest BCUT2D eigenvalue weighted by molar-refractivity contribution is 9.10. The summed E-state index contributed by atoms with van der Waals surface area (Å²) < 4.78 is 11.5. The Labute approximate surface area is 116 Å². The Morgan fingerprint density at radius 3 is 2.44 bits per heavy atom. The van der Waals surface area contributed by atoms with Crippen molar-refractivity contribution in [3.05, 3.63) is 34.3 Å². The fraction of sp³-hybridized carbons (Fsp3) is 0.462. The molecule has 0 aliphatic carbocycles. The molecule has 0 aliphatic rings. The van der Waals surface area contributed by atoms with Crippen molar-refractivity contribution in [3.63, 3.8) is 0 Å². The number of halogens is 1. The molecule has 1 aromatic rings. The molecule has 4 nitrogen and oxygen atoms in total. The summed E-state index contributed by atoms with van der Waals surface area (Å²) >= 11 is 3.34. The average molecular weight is 316 g/mol. The van der Waals surface area contributed by atoms with Crippen molar-refractivity contribution in [2.45, 2.75) is 20.1 Å². The number of hydrogen-bond acceptors (Lipinski definition) is 3. The molecule has 0 bridgehead atoms. The summed E-state index contributed by atoms with van der Waals surface area (Å²) in [6, 6.07) is 7.28. The van der Waals surface area contributed by atoms with E-state index < -0.39 is 6.29 Å². The molecule has 0 heterocycles. The fourth-order valence-corrected chi connectivity index (χ4v) is 1.92. The Morgan fingerprint density at radius 1 is 1.28 bits per heavy atom. The zero-order valence-electron chi connectivity index (χ0n) is 10.6. The minimum atomic E-state index is -0.397. The molecule has 0 atom stereocenters. The smallest absolute Gasteiger partial charge is 0.252 e. The predicted octanol–water partition coefficient (Wildman–Crippen LogP) is 2.58. The maximum atomic E-state index is 11.9. The molecule has 1 rings (SSSR count). The summed E-state index contributed by atoms with van der Waals surface area (Å²) in [4.78, 5) is 11.9. The minimum Gasteiger partial charge on any atom is -0.351 e. The largest absolute Gasteiger partial charge is 0.351 e. The van der Waals surface area contributed by atoms with Crippen molar-refractivity contribution in [3.8, 4) is 0 Å². The molecule has 18 heavy (non-hydrogen) atoms. The fourth-order valence-electron chi connectivity index (χ4n) is 1.45. The first-order valence-electron chi connectivity index (χ1n) is 5.95. The molecular weight excluding hydrogens is 298 g/mol. The van der Waals surface area contributed by atoms with Gasteiger partial charge in [0.25, 0.3) is 5.91 Å². The van der Waals surface area contributed by atoms with Gasteiger partial charge in [-0.1, -0.05) is 12.1 Å². The molecule has 1 aromatic carbocycles. The number of carbonyl (C=O) groups excluding carboxylic acids is 1. The van der Waals surface area contributed by atoms with Gasteiger partial charge in [0.2, 0.25) is 0 Å². The molecule has 0 aliphatic heterocycles. The number of ether oxygens (including phenoxy) is 2. The lowest BCUT2D eigenvalue weighted by Crippen LogP contribution is -2.35. The number of rotatable bonds is 7. The van der Waals surface area contributed by atoms with Gasteiger partial charge < -0.3 is 14.8 Å². The molecule has 5 heteroatoms. The summed E-state index contributed by atoms with van der Waals surface area (Å²) in [5.74, 6) is -0.146. The molecule has 0 saturated carbocycles. The van der Waals surface area contributed by atoms with Gasteiger partial charge in [-0.3, -0.25) is 4.79 Å². The standard InChI is InChI=1S/C13H18BrNO3/c1-3-17-12(18-4-2)9-15-13(16)10-7-5-6-8-11(10)14/h5-8,12H,3-4,9H2,1-2H3,(H,15,16). The van der Waals surface area contributed by atoms with Gasteiger partial charge in [0.15, 0.2) is 6.29 Å². The first kappa shape index (κ1) is 15.1. The van der Waals surface area contributed by atoms with Gasteiger partial charge in [0, 0.05) is 17.7 Å². The lowest BCUT2D eigenvalue weighted by Gasteiger charge is -2.17. The van der Waals surface area contributed by atoms with Crippen LogP contribution in [0.4, 0.5) is 0 Å². The SMILES string of the molecule is CCOC(CNC(=O)c1ccccc1Br)OCC. The van der Waals surface area contributed by atoms with Crippen LogP contribution in [0, 0.1) is 0 Å². The Kier molecular flexibility index (Phi) is 6.93. The van der Waals surface area contributed by atoms with Crippen LogP contribution >= 0.6 is 15.9 Å². The van der Waals surface area contributed by atoms with Crippen LogP contribution in [0.25, 0.3) is 0 Å². The molecule has 0 fully saturated rings. The molecule has 100 valence electrons. The van der Waals surface area contributed by atoms with Crippen molar-refractivity contribution in [1.82, 2.24) is 5.32 Å². The van der Waals surface area contributed by atoms with Crippen LogP contribution < -0.4 is 5.32 Å². The second-order valence-corrected chi connectivity index (χ2v) is 4.38. The Morgan fingerprint density at radius 2 is 1.89 bits per heavy atom. The van der Waals surface area contributed by atoms with Crippen molar-refractivity contribution in [2.75, 3.05) is 19.8 Å². The van der Waals surface area contributed by atoms with Crippen LogP contribution in [0.5, 0.6) is 0 Å². The molecular formula is C13H18BrNO3. The van der Waals surface area contributed by atoms with Crippen molar-refractivity contribution in [2.24, 2.45) is 0 Å². The third-order valence-corrected chi connectivity index (χ3v) is 2.94. The minimum absolute atomic E-state index is 0.146. The van der Waals surface area contributed by atoms with Crippen molar-refractivity contribution < 1.29 is 14.3 Å². The lowest BCUT2D eigenvalue weighted by molar-refractivity contribution is -0.131. The molecule has 0 radical (unpaired) electrons. The summed E-state index contributed by atoms with van der Waals surface area (Å²) in [6.45, 7) is 5.22. The summed E-state index contributed by atoms with van der Waals surface area (Å²) in [6.07, 6.45) is -0.397. The summed E-state index contributed by atoms with van der Waals surface area (Å²) in [5, 5.41) is 2.79. The van der Waals surface area contributed by atoms with E-state index in [1.165, 1.54) is 0 Å². The number of hydrogen-bond donors (Lipinski definition) is 1. The highest BCUT2D eigenvalue weighted by atomic mass is 79.9. The predicted molar refractivity (Wildman–Crippen MR) is 73.5 cm³/mol. The van der Waals surface area contributed by atoms with E-state index in [9.17, 15) is 4.79 Å². The second-order valence-electron chi connectivity index (χ2n) is 3.53. The highest BCUT2D eigenvalue weighted by Crippen LogP contribution is 2.15. The van der Waals surface area contributed by atoms with E-state index >= 15 is 0 Å². The van der Waals surface area contributed by atoms with Crippen molar-refractivity contribution >= 4 is 21.8 Å². The Bertz CT molecular complexity index is 378. The van der Waals surface area contributed by atoms with Crippen molar-refractivity contribution in [1.29, 1.82) is 0 Å². The van der Waals surface area contributed by atoms with Crippen LogP contribution in [0.15, 0.2) is 28.7 Å². The number of benzene rings is 1. The first-order valence-corrected chi connectivity index (χ1v) is 6.74. The van der Waals surface area contributed by atoms with E-state index in [-0.39, 0.29) is 5.91 Å². The van der Waals surface area contributed by atoms with Gasteiger partial charge in [-0.15, -0.1) is 0 Å². The second kappa shape index (κ2) is 8.24. The summed E-state index contributed by atoms with van der Waals surface area (Å²) in [7, 11) is 0. The number of carbonyl (C=O) groups is 1. The van der Waals surface area contributed by atoms with Gasteiger partial charge >= 0.3 is 0 Å². The lowest BCUT2D eigenvalue weighted by atomic mass is 10.2. The third-order valence-electron chi connectivity index (χ3n) is 2.25. The molecule has 0 saturated heterocycles. The van der Waals surface area contributed by atoms with Gasteiger partial charge in [-0.2, -0.15) is 0 Å². The molecule has 1 amide bonds. The van der Waals surface area contributed by atoms with E-state index in [2.05, 4.69) is 21.2 Å². The highest BCUT2D eigenvalue weighted by Gasteiger charge is 2.12. The maximum absolute atomic E-state index is 11.9. The Balaban J connectivity index is 2.52. The van der Waals surface area contributed by atoms with E-state index in [1.807, 2.05) is 32.0 Å². The average Bonchev–Trinajstić information content (AvgIpc) is 2.36. The molecule has 0 aromatic heterocycles. The van der Waals surface area contributed by atoms with Gasteiger partial charge in [0.05, 0.1) is 12.1 Å². The zero-order chi connectivity index (χ0) is 13.4. The third kappa shape index (κ3) is 4.76. The molecule has 0 unspecified atom stereocenters. The van der Waals surface area contributed by atoms with Crippen LogP contribution in [0.3, 0.4) is 0 Å². The number of amides is 1. The van der Waals surface area contributed by atoms with Gasteiger partial charge in [0.1, 0.15) is 0 Å². The first-order chi connectivity index (χ1) is 8.69. The van der Waals surface area contributed by atoms with Crippen LogP contribution in [-0.4, -0.2) is 32.0 Å². The van der Waals surface area contributed by atoms with Crippen LogP contribution in [0.2, 0.25) is 0 Å². The van der Waals surface area contributed by atoms with E-state index in [1.54, 1.807) is 6.07 Å². The topological polar surface area (TPSA) is 47.6 Å². The van der Waals surface area contributed by atoms with Crippen LogP contribution in [0.1, 0.15) is 24.2 Å². The normalized spacial score (nSPS) is 10.7. The molecule has 0 spiro atoms. The maximum Gasteiger partial charge on any atom is 0.252 e. The summed E-state index contributed by atoms with van der Waals surface area (Å²) in [5.41, 5.74) is 0.601. The van der Waals surface area contributed by atoms with Gasteiger partial charge in [-0.25, -0.2) is 0 Å². The quantitative estimate of drug-likeness (QED) is 0.787. The number of nitrogens with one attached hydrogen (secondary N) is 1. The Hall–Kier alpha value is -0.910. The monoisotopic (exact) mass is 315 g/mol. The van der Waals surface area contributed by atoms with E-state index in [4.69, 9.17) is 9.47 Å². The van der Waals surface area contributed by atoms with E-state index in [0.717, 1.165) is 4.47 Å².